The highest BCUT2D eigenvalue weighted by Crippen LogP contribution is 2.36. The van der Waals surface area contributed by atoms with Gasteiger partial charge in [-0.2, -0.15) is 0 Å². The van der Waals surface area contributed by atoms with Gasteiger partial charge in [0.1, 0.15) is 0 Å². The molecule has 12 rings (SSSR count). The van der Waals surface area contributed by atoms with Crippen LogP contribution in [0.2, 0.25) is 0 Å². The van der Waals surface area contributed by atoms with Crippen molar-refractivity contribution in [3.05, 3.63) is 237 Å². The Labute approximate surface area is 367 Å². The average molecular weight is 818 g/mol. The minimum absolute atomic E-state index is 0.634. The van der Waals surface area contributed by atoms with Crippen molar-refractivity contribution in [2.45, 2.75) is 0 Å². The normalized spacial score (nSPS) is 12.6. The van der Waals surface area contributed by atoms with Crippen LogP contribution in [-0.4, -0.2) is 23.0 Å². The van der Waals surface area contributed by atoms with Gasteiger partial charge in [-0.25, -0.2) is 15.0 Å². The minimum atomic E-state index is -2.84. The van der Waals surface area contributed by atoms with Gasteiger partial charge in [0.2, 0.25) is 0 Å². The van der Waals surface area contributed by atoms with E-state index >= 15 is 0 Å². The maximum Gasteiger partial charge on any atom is 0.180 e. The van der Waals surface area contributed by atoms with Crippen molar-refractivity contribution in [2.75, 3.05) is 0 Å². The lowest BCUT2D eigenvalue weighted by atomic mass is 9.97. The highest BCUT2D eigenvalue weighted by molar-refractivity contribution is 7.22. The molecule has 0 radical (unpaired) electrons. The zero-order valence-electron chi connectivity index (χ0n) is 34.4. The van der Waals surface area contributed by atoms with Gasteiger partial charge in [0.15, 0.2) is 25.5 Å². The second-order valence-electron chi connectivity index (χ2n) is 16.3. The molecule has 3 nitrogen and oxygen atoms in total. The van der Waals surface area contributed by atoms with E-state index in [0.29, 0.717) is 17.5 Å². The van der Waals surface area contributed by atoms with E-state index < -0.39 is 8.07 Å². The summed E-state index contributed by atoms with van der Waals surface area (Å²) >= 11 is 0. The van der Waals surface area contributed by atoms with E-state index in [0.717, 1.165) is 33.4 Å². The largest absolute Gasteiger partial charge is 0.208 e. The van der Waals surface area contributed by atoms with Crippen LogP contribution in [0.1, 0.15) is 0 Å². The molecule has 0 atom stereocenters. The number of benzene rings is 10. The summed E-state index contributed by atoms with van der Waals surface area (Å²) < 4.78 is 0. The van der Waals surface area contributed by atoms with Crippen LogP contribution in [0.4, 0.5) is 0 Å². The predicted molar refractivity (Wildman–Crippen MR) is 265 cm³/mol. The number of fused-ring (bicyclic) bond motifs is 5. The number of nitrogens with zero attached hydrogens (tertiary/aromatic N) is 3. The zero-order chi connectivity index (χ0) is 41.7. The van der Waals surface area contributed by atoms with Crippen LogP contribution < -0.4 is 20.7 Å². The summed E-state index contributed by atoms with van der Waals surface area (Å²) in [4.78, 5) is 15.9. The molecule has 0 amide bonds. The minimum Gasteiger partial charge on any atom is -0.208 e. The van der Waals surface area contributed by atoms with Gasteiger partial charge in [0.05, 0.1) is 0 Å². The second-order valence-corrected chi connectivity index (χ2v) is 20.1. The standard InChI is InChI=1S/C59H39N3Si/c1-4-16-40(17-5-1)44-22-14-23-47(36-44)58-60-57(43-32-30-42(31-33-43)52-29-15-21-41-18-12-13-28-51(41)52)61-59(62-58)48-34-35-53-54-37-45-19-10-11-20-46(45)38-56(54)63(55(53)39-48,49-24-6-2-7-25-49)50-26-8-3-9-27-50/h1-39H. The molecular weight excluding hydrogens is 779 g/mol. The highest BCUT2D eigenvalue weighted by Gasteiger charge is 2.49. The van der Waals surface area contributed by atoms with Gasteiger partial charge in [-0.1, -0.05) is 224 Å². The molecule has 0 saturated carbocycles. The van der Waals surface area contributed by atoms with Crippen LogP contribution >= 0.6 is 0 Å². The zero-order valence-corrected chi connectivity index (χ0v) is 35.4. The molecule has 1 aromatic heterocycles. The Hall–Kier alpha value is -8.05. The van der Waals surface area contributed by atoms with E-state index in [1.54, 1.807) is 0 Å². The molecule has 0 unspecified atom stereocenters. The van der Waals surface area contributed by atoms with Crippen LogP contribution in [0.3, 0.4) is 0 Å². The molecule has 294 valence electrons. The Morgan fingerprint density at radius 1 is 0.254 bits per heavy atom. The lowest BCUT2D eigenvalue weighted by molar-refractivity contribution is 1.07. The molecule has 0 saturated heterocycles. The SMILES string of the molecule is c1ccc(-c2cccc(-c3nc(-c4ccc(-c5cccc6ccccc56)cc4)nc(-c4ccc5c(c4)[Si](c4ccccc4)(c4ccccc4)c4cc6ccccc6cc4-5)n3)c2)cc1. The first kappa shape index (κ1) is 36.8. The third-order valence-corrected chi connectivity index (χ3v) is 17.6. The van der Waals surface area contributed by atoms with Crippen molar-refractivity contribution in [3.63, 3.8) is 0 Å². The lowest BCUT2D eigenvalue weighted by Crippen LogP contribution is -2.72. The van der Waals surface area contributed by atoms with E-state index in [1.165, 1.54) is 59.0 Å². The summed E-state index contributed by atoms with van der Waals surface area (Å²) in [5, 5.41) is 10.4. The monoisotopic (exact) mass is 817 g/mol. The van der Waals surface area contributed by atoms with Crippen LogP contribution in [0.15, 0.2) is 237 Å². The summed E-state index contributed by atoms with van der Waals surface area (Å²) in [6.07, 6.45) is 0. The first-order chi connectivity index (χ1) is 31.2. The third kappa shape index (κ3) is 6.22. The van der Waals surface area contributed by atoms with Gasteiger partial charge in [0.25, 0.3) is 0 Å². The Bertz CT molecular complexity index is 3450. The molecule has 0 spiro atoms. The Kier molecular flexibility index (Phi) is 8.84. The van der Waals surface area contributed by atoms with Gasteiger partial charge in [0, 0.05) is 16.7 Å². The molecule has 2 heterocycles. The van der Waals surface area contributed by atoms with Crippen molar-refractivity contribution in [1.29, 1.82) is 0 Å². The van der Waals surface area contributed by atoms with Crippen LogP contribution in [-0.2, 0) is 0 Å². The topological polar surface area (TPSA) is 38.7 Å². The van der Waals surface area contributed by atoms with Crippen molar-refractivity contribution < 1.29 is 0 Å². The summed E-state index contributed by atoms with van der Waals surface area (Å²) in [6.45, 7) is 0. The fourth-order valence-corrected chi connectivity index (χ4v) is 15.0. The van der Waals surface area contributed by atoms with E-state index in [9.17, 15) is 0 Å². The third-order valence-electron chi connectivity index (χ3n) is 12.8. The second kappa shape index (κ2) is 15.1. The van der Waals surface area contributed by atoms with Crippen molar-refractivity contribution in [3.8, 4) is 67.5 Å². The lowest BCUT2D eigenvalue weighted by Gasteiger charge is -2.31. The molecule has 4 heteroatoms. The maximum absolute atomic E-state index is 5.34. The van der Waals surface area contributed by atoms with E-state index in [2.05, 4.69) is 231 Å². The summed E-state index contributed by atoms with van der Waals surface area (Å²) in [5.41, 5.74) is 10.0. The first-order valence-corrected chi connectivity index (χ1v) is 23.5. The Balaban J connectivity index is 1.07. The van der Waals surface area contributed by atoms with Crippen molar-refractivity contribution >= 4 is 50.4 Å². The van der Waals surface area contributed by atoms with Gasteiger partial charge < -0.3 is 0 Å². The van der Waals surface area contributed by atoms with Gasteiger partial charge in [-0.15, -0.1) is 0 Å². The smallest absolute Gasteiger partial charge is 0.180 e. The summed E-state index contributed by atoms with van der Waals surface area (Å²) in [6, 6.07) is 85.6. The molecule has 1 aliphatic rings. The molecule has 0 bridgehead atoms. The average Bonchev–Trinajstić information content (AvgIpc) is 3.65. The molecule has 0 aliphatic carbocycles. The molecule has 1 aliphatic heterocycles. The van der Waals surface area contributed by atoms with Crippen molar-refractivity contribution in [1.82, 2.24) is 15.0 Å². The fraction of sp³-hybridized carbons (Fsp3) is 0. The number of rotatable bonds is 7. The maximum atomic E-state index is 5.34. The quantitative estimate of drug-likeness (QED) is 0.150. The molecule has 0 N–H and O–H groups in total. The number of hydrogen-bond donors (Lipinski definition) is 0. The van der Waals surface area contributed by atoms with Gasteiger partial charge in [-0.3, -0.25) is 0 Å². The summed E-state index contributed by atoms with van der Waals surface area (Å²) in [7, 11) is -2.84. The first-order valence-electron chi connectivity index (χ1n) is 21.5. The Morgan fingerprint density at radius 3 is 1.43 bits per heavy atom. The molecule has 10 aromatic carbocycles. The number of aromatic nitrogens is 3. The highest BCUT2D eigenvalue weighted by atomic mass is 28.3. The fourth-order valence-electron chi connectivity index (χ4n) is 9.82. The van der Waals surface area contributed by atoms with Crippen LogP contribution in [0.5, 0.6) is 0 Å². The van der Waals surface area contributed by atoms with E-state index in [-0.39, 0.29) is 0 Å². The molecule has 11 aromatic rings. The molecule has 0 fully saturated rings. The van der Waals surface area contributed by atoms with Crippen LogP contribution in [0.25, 0.3) is 89.1 Å². The molecule has 63 heavy (non-hydrogen) atoms. The predicted octanol–water partition coefficient (Wildman–Crippen LogP) is 11.9. The van der Waals surface area contributed by atoms with E-state index in [1.807, 2.05) is 6.07 Å². The van der Waals surface area contributed by atoms with Gasteiger partial charge in [-0.05, 0) is 87.8 Å². The Morgan fingerprint density at radius 2 is 0.730 bits per heavy atom. The van der Waals surface area contributed by atoms with E-state index in [4.69, 9.17) is 15.0 Å². The van der Waals surface area contributed by atoms with Crippen molar-refractivity contribution in [2.24, 2.45) is 0 Å². The van der Waals surface area contributed by atoms with Crippen LogP contribution in [0, 0.1) is 0 Å². The summed E-state index contributed by atoms with van der Waals surface area (Å²) in [5.74, 6) is 1.91. The molecular formula is C59H39N3Si. The number of hydrogen-bond acceptors (Lipinski definition) is 3. The van der Waals surface area contributed by atoms with Gasteiger partial charge >= 0.3 is 0 Å².